The lowest BCUT2D eigenvalue weighted by atomic mass is 9.83. The van der Waals surface area contributed by atoms with E-state index in [2.05, 4.69) is 4.98 Å². The zero-order valence-electron chi connectivity index (χ0n) is 20.1. The number of amides is 1. The zero-order chi connectivity index (χ0) is 24.9. The number of benzene rings is 3. The summed E-state index contributed by atoms with van der Waals surface area (Å²) in [7, 11) is 1.50. The predicted octanol–water partition coefficient (Wildman–Crippen LogP) is 4.99. The molecule has 0 aliphatic carbocycles. The summed E-state index contributed by atoms with van der Waals surface area (Å²) < 4.78 is 11.3. The Bertz CT molecular complexity index is 1290. The number of methoxy groups -OCH3 is 1. The van der Waals surface area contributed by atoms with E-state index in [1.54, 1.807) is 23.2 Å². The lowest BCUT2D eigenvalue weighted by molar-refractivity contribution is 0.0729. The van der Waals surface area contributed by atoms with Gasteiger partial charge in [0.05, 0.1) is 19.8 Å². The van der Waals surface area contributed by atoms with Gasteiger partial charge in [0.2, 0.25) is 5.88 Å². The topological polar surface area (TPSA) is 71.9 Å². The van der Waals surface area contributed by atoms with E-state index < -0.39 is 6.10 Å². The van der Waals surface area contributed by atoms with Gasteiger partial charge in [-0.3, -0.25) is 4.79 Å². The smallest absolute Gasteiger partial charge is 0.259 e. The largest absolute Gasteiger partial charge is 0.491 e. The van der Waals surface area contributed by atoms with Crippen LogP contribution in [-0.4, -0.2) is 41.2 Å². The maximum atomic E-state index is 13.3. The molecule has 0 fully saturated rings. The molecule has 0 radical (unpaired) electrons. The summed E-state index contributed by atoms with van der Waals surface area (Å²) in [6.45, 7) is 1.16. The van der Waals surface area contributed by atoms with Gasteiger partial charge in [0.1, 0.15) is 17.9 Å². The molecule has 6 heteroatoms. The van der Waals surface area contributed by atoms with Crippen molar-refractivity contribution >= 4 is 5.91 Å². The molecule has 3 aromatic carbocycles. The van der Waals surface area contributed by atoms with Crippen LogP contribution in [0.15, 0.2) is 97.2 Å². The number of aliphatic hydroxyl groups excluding tert-OH is 1. The van der Waals surface area contributed by atoms with Gasteiger partial charge < -0.3 is 19.5 Å². The van der Waals surface area contributed by atoms with Gasteiger partial charge in [-0.1, -0.05) is 66.7 Å². The van der Waals surface area contributed by atoms with E-state index in [1.807, 2.05) is 78.9 Å². The molecule has 1 aliphatic rings. The second-order valence-electron chi connectivity index (χ2n) is 8.75. The number of carbonyl (C=O) groups excluding carboxylic acids is 1. The Kier molecular flexibility index (Phi) is 6.96. The van der Waals surface area contributed by atoms with Crippen LogP contribution in [-0.2, 0) is 6.54 Å². The third-order valence-electron chi connectivity index (χ3n) is 6.52. The van der Waals surface area contributed by atoms with Gasteiger partial charge in [-0.25, -0.2) is 4.98 Å². The maximum Gasteiger partial charge on any atom is 0.259 e. The molecule has 0 saturated carbocycles. The first kappa shape index (κ1) is 23.6. The molecule has 4 aromatic rings. The molecular formula is C30H28N2O4. The number of hydrogen-bond donors (Lipinski definition) is 1. The van der Waals surface area contributed by atoms with Crippen LogP contribution in [0, 0.1) is 0 Å². The number of hydrogen-bond acceptors (Lipinski definition) is 5. The average molecular weight is 481 g/mol. The van der Waals surface area contributed by atoms with Crippen LogP contribution in [0.2, 0.25) is 0 Å². The Labute approximate surface area is 210 Å². The Morgan fingerprint density at radius 1 is 0.944 bits per heavy atom. The molecular weight excluding hydrogens is 452 g/mol. The van der Waals surface area contributed by atoms with E-state index in [0.717, 1.165) is 28.0 Å². The van der Waals surface area contributed by atoms with Crippen LogP contribution in [0.3, 0.4) is 0 Å². The molecule has 36 heavy (non-hydrogen) atoms. The molecule has 0 bridgehead atoms. The van der Waals surface area contributed by atoms with E-state index in [0.29, 0.717) is 31.1 Å². The molecule has 1 aliphatic heterocycles. The highest BCUT2D eigenvalue weighted by atomic mass is 16.5. The number of pyridine rings is 1. The highest BCUT2D eigenvalue weighted by molar-refractivity contribution is 5.96. The maximum absolute atomic E-state index is 13.3. The third kappa shape index (κ3) is 4.81. The van der Waals surface area contributed by atoms with Crippen LogP contribution in [0.1, 0.15) is 44.6 Å². The monoisotopic (exact) mass is 480 g/mol. The predicted molar refractivity (Wildman–Crippen MR) is 137 cm³/mol. The van der Waals surface area contributed by atoms with Crippen molar-refractivity contribution in [2.45, 2.75) is 18.6 Å². The fourth-order valence-corrected chi connectivity index (χ4v) is 4.73. The van der Waals surface area contributed by atoms with Crippen LogP contribution in [0.25, 0.3) is 0 Å². The average Bonchev–Trinajstić information content (AvgIpc) is 3.16. The Morgan fingerprint density at radius 3 is 2.31 bits per heavy atom. The van der Waals surface area contributed by atoms with Crippen molar-refractivity contribution in [3.05, 3.63) is 125 Å². The quantitative estimate of drug-likeness (QED) is 0.421. The molecule has 1 aromatic heterocycles. The number of nitrogens with zero attached hydrogens (tertiary/aromatic N) is 2. The summed E-state index contributed by atoms with van der Waals surface area (Å²) in [6, 6.07) is 29.2. The molecule has 1 N–H and O–H groups in total. The Balaban J connectivity index is 1.47. The van der Waals surface area contributed by atoms with Gasteiger partial charge in [0.15, 0.2) is 0 Å². The van der Waals surface area contributed by atoms with Gasteiger partial charge in [-0.05, 0) is 41.0 Å². The second-order valence-corrected chi connectivity index (χ2v) is 8.75. The molecule has 5 rings (SSSR count). The fourth-order valence-electron chi connectivity index (χ4n) is 4.73. The van der Waals surface area contributed by atoms with Crippen molar-refractivity contribution in [1.29, 1.82) is 0 Å². The van der Waals surface area contributed by atoms with E-state index in [1.165, 1.54) is 7.11 Å². The summed E-state index contributed by atoms with van der Waals surface area (Å²) in [5, 5.41) is 11.6. The number of rotatable bonds is 6. The number of carbonyl (C=O) groups is 1. The highest BCUT2D eigenvalue weighted by Gasteiger charge is 2.28. The molecule has 0 spiro atoms. The van der Waals surface area contributed by atoms with Gasteiger partial charge in [0, 0.05) is 24.2 Å². The fraction of sp³-hybridized carbons (Fsp3) is 0.200. The molecule has 0 unspecified atom stereocenters. The standard InChI is InChI=1S/C30H28N2O4/c1-35-29-25(13-8-16-31-29)30(34)32-17-18-36-26-15-14-23(19-24(26)20-32)28(33)27(21-9-4-2-5-10-21)22-11-6-3-7-12-22/h2-16,19,27-28,33H,17-18,20H2,1H3/t28-/m0/s1. The van der Waals surface area contributed by atoms with E-state index >= 15 is 0 Å². The Morgan fingerprint density at radius 2 is 1.64 bits per heavy atom. The Hall–Kier alpha value is -4.16. The van der Waals surface area contributed by atoms with Crippen LogP contribution in [0.5, 0.6) is 11.6 Å². The van der Waals surface area contributed by atoms with Gasteiger partial charge in [-0.15, -0.1) is 0 Å². The van der Waals surface area contributed by atoms with E-state index in [-0.39, 0.29) is 11.8 Å². The molecule has 1 amide bonds. The summed E-state index contributed by atoms with van der Waals surface area (Å²) in [5.74, 6) is 0.601. The first-order valence-electron chi connectivity index (χ1n) is 12.0. The van der Waals surface area contributed by atoms with Crippen molar-refractivity contribution in [2.75, 3.05) is 20.3 Å². The zero-order valence-corrected chi connectivity index (χ0v) is 20.1. The summed E-state index contributed by atoms with van der Waals surface area (Å²) in [6.07, 6.45) is 0.811. The molecule has 2 heterocycles. The number of aromatic nitrogens is 1. The van der Waals surface area contributed by atoms with Gasteiger partial charge in [0.25, 0.3) is 5.91 Å². The van der Waals surface area contributed by atoms with Crippen molar-refractivity contribution in [3.63, 3.8) is 0 Å². The van der Waals surface area contributed by atoms with E-state index in [9.17, 15) is 9.90 Å². The van der Waals surface area contributed by atoms with Gasteiger partial charge in [-0.2, -0.15) is 0 Å². The molecule has 0 saturated heterocycles. The third-order valence-corrected chi connectivity index (χ3v) is 6.52. The van der Waals surface area contributed by atoms with Gasteiger partial charge >= 0.3 is 0 Å². The molecule has 6 nitrogen and oxygen atoms in total. The van der Waals surface area contributed by atoms with Crippen LogP contribution in [0.4, 0.5) is 0 Å². The minimum atomic E-state index is -0.786. The molecule has 1 atom stereocenters. The second kappa shape index (κ2) is 10.6. The van der Waals surface area contributed by atoms with Crippen LogP contribution < -0.4 is 9.47 Å². The number of ether oxygens (including phenoxy) is 2. The minimum absolute atomic E-state index is 0.172. The lowest BCUT2D eigenvalue weighted by Gasteiger charge is -2.25. The number of fused-ring (bicyclic) bond motifs is 1. The van der Waals surface area contributed by atoms with Crippen molar-refractivity contribution in [1.82, 2.24) is 9.88 Å². The summed E-state index contributed by atoms with van der Waals surface area (Å²) in [4.78, 5) is 19.2. The highest BCUT2D eigenvalue weighted by Crippen LogP contribution is 2.38. The van der Waals surface area contributed by atoms with Crippen molar-refractivity contribution in [2.24, 2.45) is 0 Å². The first-order valence-corrected chi connectivity index (χ1v) is 12.0. The lowest BCUT2D eigenvalue weighted by Crippen LogP contribution is -2.32. The van der Waals surface area contributed by atoms with Crippen LogP contribution >= 0.6 is 0 Å². The van der Waals surface area contributed by atoms with Crippen molar-refractivity contribution < 1.29 is 19.4 Å². The molecule has 182 valence electrons. The van der Waals surface area contributed by atoms with Crippen molar-refractivity contribution in [3.8, 4) is 11.6 Å². The first-order chi connectivity index (χ1) is 17.7. The summed E-state index contributed by atoms with van der Waals surface area (Å²) in [5.41, 5.74) is 4.09. The normalized spacial score (nSPS) is 13.9. The summed E-state index contributed by atoms with van der Waals surface area (Å²) >= 11 is 0. The SMILES string of the molecule is COc1ncccc1C(=O)N1CCOc2ccc([C@H](O)C(c3ccccc3)c3ccccc3)cc2C1. The minimum Gasteiger partial charge on any atom is -0.491 e. The number of aliphatic hydroxyl groups is 1. The van der Waals surface area contributed by atoms with E-state index in [4.69, 9.17) is 9.47 Å².